The minimum absolute atomic E-state index is 0.109. The first-order valence-corrected chi connectivity index (χ1v) is 6.50. The van der Waals surface area contributed by atoms with Crippen molar-refractivity contribution >= 4 is 5.78 Å². The van der Waals surface area contributed by atoms with Crippen LogP contribution in [0.5, 0.6) is 0 Å². The summed E-state index contributed by atoms with van der Waals surface area (Å²) in [4.78, 5) is 12.3. The highest BCUT2D eigenvalue weighted by Gasteiger charge is 2.40. The van der Waals surface area contributed by atoms with Gasteiger partial charge in [-0.15, -0.1) is 0 Å². The second-order valence-electron chi connectivity index (χ2n) is 5.47. The first kappa shape index (κ1) is 11.1. The number of hydrogen-bond acceptors (Lipinski definition) is 2. The van der Waals surface area contributed by atoms with Gasteiger partial charge in [0.1, 0.15) is 5.78 Å². The van der Waals surface area contributed by atoms with Crippen molar-refractivity contribution in [3.63, 3.8) is 0 Å². The van der Waals surface area contributed by atoms with Crippen LogP contribution in [0, 0.1) is 11.3 Å². The Morgan fingerprint density at radius 3 is 2.27 bits per heavy atom. The van der Waals surface area contributed by atoms with E-state index in [-0.39, 0.29) is 5.41 Å². The summed E-state index contributed by atoms with van der Waals surface area (Å²) in [6.45, 7) is 0.582. The van der Waals surface area contributed by atoms with Crippen LogP contribution in [0.1, 0.15) is 57.8 Å². The van der Waals surface area contributed by atoms with Gasteiger partial charge in [0.25, 0.3) is 0 Å². The molecule has 0 unspecified atom stereocenters. The largest absolute Gasteiger partial charge is 0.329 e. The maximum absolute atomic E-state index is 12.3. The fourth-order valence-corrected chi connectivity index (χ4v) is 3.34. The number of carbonyl (C=O) groups is 1. The minimum atomic E-state index is -0.109. The molecule has 2 nitrogen and oxygen atoms in total. The molecule has 0 aliphatic heterocycles. The highest BCUT2D eigenvalue weighted by atomic mass is 16.1. The predicted octanol–water partition coefficient (Wildman–Crippen LogP) is 2.65. The molecule has 0 amide bonds. The summed E-state index contributed by atoms with van der Waals surface area (Å²) in [5.41, 5.74) is 5.71. The Bertz CT molecular complexity index is 225. The van der Waals surface area contributed by atoms with Gasteiger partial charge in [0.2, 0.25) is 0 Å². The molecular weight excluding hydrogens is 186 g/mol. The zero-order valence-corrected chi connectivity index (χ0v) is 9.63. The highest BCUT2D eigenvalue weighted by molar-refractivity contribution is 5.85. The van der Waals surface area contributed by atoms with Crippen LogP contribution in [-0.2, 0) is 4.79 Å². The Kier molecular flexibility index (Phi) is 3.45. The van der Waals surface area contributed by atoms with E-state index < -0.39 is 0 Å². The van der Waals surface area contributed by atoms with Crippen LogP contribution in [0.4, 0.5) is 0 Å². The van der Waals surface area contributed by atoms with E-state index in [1.165, 1.54) is 38.5 Å². The summed E-state index contributed by atoms with van der Waals surface area (Å²) in [5.74, 6) is 1.16. The van der Waals surface area contributed by atoms with Crippen molar-refractivity contribution in [2.45, 2.75) is 57.8 Å². The molecule has 0 bridgehead atoms. The van der Waals surface area contributed by atoms with Crippen molar-refractivity contribution in [1.82, 2.24) is 0 Å². The van der Waals surface area contributed by atoms with E-state index in [9.17, 15) is 4.79 Å². The van der Waals surface area contributed by atoms with Gasteiger partial charge in [-0.1, -0.05) is 38.5 Å². The van der Waals surface area contributed by atoms with E-state index >= 15 is 0 Å². The van der Waals surface area contributed by atoms with Crippen molar-refractivity contribution in [2.75, 3.05) is 6.54 Å². The molecule has 2 N–H and O–H groups in total. The lowest BCUT2D eigenvalue weighted by Gasteiger charge is -2.26. The quantitative estimate of drug-likeness (QED) is 0.773. The van der Waals surface area contributed by atoms with Crippen LogP contribution in [0.2, 0.25) is 0 Å². The molecule has 0 aromatic heterocycles. The van der Waals surface area contributed by atoms with Crippen LogP contribution in [0.15, 0.2) is 0 Å². The minimum Gasteiger partial charge on any atom is -0.329 e. The molecule has 86 valence electrons. The zero-order valence-electron chi connectivity index (χ0n) is 9.63. The van der Waals surface area contributed by atoms with Crippen molar-refractivity contribution < 1.29 is 4.79 Å². The van der Waals surface area contributed by atoms with Gasteiger partial charge in [-0.05, 0) is 18.8 Å². The molecule has 2 heteroatoms. The number of Topliss-reactive ketones (excluding diaryl/α,β-unsaturated/α-hetero) is 1. The number of nitrogens with two attached hydrogens (primary N) is 1. The van der Waals surface area contributed by atoms with Gasteiger partial charge in [-0.25, -0.2) is 0 Å². The lowest BCUT2D eigenvalue weighted by atomic mass is 9.78. The fourth-order valence-electron chi connectivity index (χ4n) is 3.34. The molecular formula is C13H23NO. The molecule has 0 aromatic rings. The van der Waals surface area contributed by atoms with Crippen molar-refractivity contribution in [3.05, 3.63) is 0 Å². The van der Waals surface area contributed by atoms with Crippen LogP contribution in [0.25, 0.3) is 0 Å². The van der Waals surface area contributed by atoms with E-state index in [1.54, 1.807) is 0 Å². The molecule has 2 fully saturated rings. The summed E-state index contributed by atoms with van der Waals surface area (Å²) >= 11 is 0. The molecule has 15 heavy (non-hydrogen) atoms. The molecule has 0 radical (unpaired) electrons. The summed E-state index contributed by atoms with van der Waals surface area (Å²) in [6.07, 6.45) is 10.5. The van der Waals surface area contributed by atoms with Crippen LogP contribution >= 0.6 is 0 Å². The van der Waals surface area contributed by atoms with E-state index in [0.717, 1.165) is 19.3 Å². The lowest BCUT2D eigenvalue weighted by Crippen LogP contribution is -2.36. The first-order chi connectivity index (χ1) is 7.27. The zero-order chi connectivity index (χ0) is 10.7. The average Bonchev–Trinajstić information content (AvgIpc) is 2.87. The van der Waals surface area contributed by atoms with Crippen molar-refractivity contribution in [3.8, 4) is 0 Å². The van der Waals surface area contributed by atoms with Gasteiger partial charge >= 0.3 is 0 Å². The summed E-state index contributed by atoms with van der Waals surface area (Å²) < 4.78 is 0. The second kappa shape index (κ2) is 4.65. The maximum Gasteiger partial charge on any atom is 0.140 e. The molecule has 0 atom stereocenters. The monoisotopic (exact) mass is 209 g/mol. The first-order valence-electron chi connectivity index (χ1n) is 6.50. The van der Waals surface area contributed by atoms with E-state index in [1.807, 2.05) is 0 Å². The van der Waals surface area contributed by atoms with Gasteiger partial charge in [-0.2, -0.15) is 0 Å². The normalized spacial score (nSPS) is 25.9. The van der Waals surface area contributed by atoms with Gasteiger partial charge in [-0.3, -0.25) is 4.79 Å². The van der Waals surface area contributed by atoms with Gasteiger partial charge in [0.05, 0.1) is 0 Å². The van der Waals surface area contributed by atoms with Crippen molar-refractivity contribution in [2.24, 2.45) is 17.1 Å². The molecule has 0 saturated heterocycles. The third-order valence-electron chi connectivity index (χ3n) is 4.49. The third-order valence-corrected chi connectivity index (χ3v) is 4.49. The van der Waals surface area contributed by atoms with E-state index in [4.69, 9.17) is 5.73 Å². The molecule has 0 aromatic carbocycles. The van der Waals surface area contributed by atoms with E-state index in [2.05, 4.69) is 0 Å². The number of ketones is 1. The summed E-state index contributed by atoms with van der Waals surface area (Å²) in [7, 11) is 0. The molecule has 2 saturated carbocycles. The van der Waals surface area contributed by atoms with Gasteiger partial charge in [0, 0.05) is 18.4 Å². The predicted molar refractivity (Wildman–Crippen MR) is 61.5 cm³/mol. The number of rotatable bonds is 4. The van der Waals surface area contributed by atoms with Gasteiger partial charge < -0.3 is 5.73 Å². The average molecular weight is 209 g/mol. The second-order valence-corrected chi connectivity index (χ2v) is 5.47. The van der Waals surface area contributed by atoms with Gasteiger partial charge in [0.15, 0.2) is 0 Å². The molecule has 0 heterocycles. The Balaban J connectivity index is 1.92. The van der Waals surface area contributed by atoms with Crippen LogP contribution in [-0.4, -0.2) is 12.3 Å². The lowest BCUT2D eigenvalue weighted by molar-refractivity contribution is -0.129. The van der Waals surface area contributed by atoms with Crippen LogP contribution in [0.3, 0.4) is 0 Å². The molecule has 2 aliphatic rings. The van der Waals surface area contributed by atoms with E-state index in [0.29, 0.717) is 18.2 Å². The summed E-state index contributed by atoms with van der Waals surface area (Å²) in [6, 6.07) is 0. The Morgan fingerprint density at radius 1 is 1.13 bits per heavy atom. The smallest absolute Gasteiger partial charge is 0.140 e. The molecule has 2 aliphatic carbocycles. The standard InChI is InChI=1S/C13H23NO/c14-10-13(7-3-4-8-13)12(15)9-11-5-1-2-6-11/h11H,1-10,14H2. The Morgan fingerprint density at radius 2 is 1.73 bits per heavy atom. The summed E-state index contributed by atoms with van der Waals surface area (Å²) in [5, 5.41) is 0. The Hall–Kier alpha value is -0.370. The molecule has 2 rings (SSSR count). The topological polar surface area (TPSA) is 43.1 Å². The number of hydrogen-bond donors (Lipinski definition) is 1. The fraction of sp³-hybridized carbons (Fsp3) is 0.923. The van der Waals surface area contributed by atoms with Crippen molar-refractivity contribution in [1.29, 1.82) is 0 Å². The SMILES string of the molecule is NCC1(C(=O)CC2CCCC2)CCCC1. The highest BCUT2D eigenvalue weighted by Crippen LogP contribution is 2.41. The molecule has 0 spiro atoms. The third kappa shape index (κ3) is 2.25. The Labute approximate surface area is 92.6 Å². The van der Waals surface area contributed by atoms with Crippen LogP contribution < -0.4 is 5.73 Å². The number of carbonyl (C=O) groups excluding carboxylic acids is 1. The maximum atomic E-state index is 12.3.